The lowest BCUT2D eigenvalue weighted by Crippen LogP contribution is -2.65. The van der Waals surface area contributed by atoms with E-state index in [-0.39, 0.29) is 71.2 Å². The molecular weight excluding hydrogens is 636 g/mol. The summed E-state index contributed by atoms with van der Waals surface area (Å²) in [5.41, 5.74) is 3.98. The number of ether oxygens (including phenoxy) is 4. The number of rotatable bonds is 7. The van der Waals surface area contributed by atoms with Crippen molar-refractivity contribution in [3.63, 3.8) is 0 Å². The first-order valence-electron chi connectivity index (χ1n) is 18.4. The van der Waals surface area contributed by atoms with E-state index in [4.69, 9.17) is 18.9 Å². The Kier molecular flexibility index (Phi) is 6.61. The van der Waals surface area contributed by atoms with Gasteiger partial charge in [0.25, 0.3) is 0 Å². The van der Waals surface area contributed by atoms with E-state index in [1.54, 1.807) is 12.1 Å². The zero-order valence-corrected chi connectivity index (χ0v) is 28.5. The van der Waals surface area contributed by atoms with Gasteiger partial charge in [0.05, 0.1) is 0 Å². The number of hydrogen-bond donors (Lipinski definition) is 2. The molecule has 4 bridgehead atoms. The molecule has 10 atom stereocenters. The minimum Gasteiger partial charge on any atom is -0.504 e. The Morgan fingerprint density at radius 3 is 1.60 bits per heavy atom. The van der Waals surface area contributed by atoms with Crippen molar-refractivity contribution in [3.05, 3.63) is 70.8 Å². The highest BCUT2D eigenvalue weighted by Crippen LogP contribution is 2.64. The predicted octanol–water partition coefficient (Wildman–Crippen LogP) is 4.07. The van der Waals surface area contributed by atoms with Crippen LogP contribution in [-0.4, -0.2) is 95.6 Å². The minimum absolute atomic E-state index is 0.144. The van der Waals surface area contributed by atoms with Gasteiger partial charge in [-0.05, 0) is 101 Å². The molecule has 2 spiro atoms. The summed E-state index contributed by atoms with van der Waals surface area (Å²) in [6.07, 6.45) is 11.4. The molecule has 10 heteroatoms. The Morgan fingerprint density at radius 2 is 1.16 bits per heavy atom. The van der Waals surface area contributed by atoms with Gasteiger partial charge in [-0.1, -0.05) is 24.3 Å². The zero-order chi connectivity index (χ0) is 34.1. The van der Waals surface area contributed by atoms with Crippen molar-refractivity contribution in [1.29, 1.82) is 0 Å². The van der Waals surface area contributed by atoms with Crippen LogP contribution < -0.4 is 9.47 Å². The van der Waals surface area contributed by atoms with Crippen LogP contribution in [0.3, 0.4) is 0 Å². The van der Waals surface area contributed by atoms with E-state index in [9.17, 15) is 19.8 Å². The van der Waals surface area contributed by atoms with Crippen LogP contribution in [0.1, 0.15) is 60.8 Å². The van der Waals surface area contributed by atoms with Crippen molar-refractivity contribution in [2.75, 3.05) is 27.2 Å². The fraction of sp³-hybridized carbons (Fsp3) is 0.550. The van der Waals surface area contributed by atoms with Gasteiger partial charge in [0, 0.05) is 58.7 Å². The Balaban J connectivity index is 0.781. The third kappa shape index (κ3) is 3.97. The number of phenols is 2. The maximum absolute atomic E-state index is 13.2. The normalized spacial score (nSPS) is 37.7. The van der Waals surface area contributed by atoms with Crippen LogP contribution in [0.5, 0.6) is 23.0 Å². The SMILES string of the molecule is CN1CCC23c4c5ccc(O)c4O[C@H]2[C@@H](OC(=O)CCCCC(=O)O[C@H]2C=C[C@H]4[C@H]6Cc7ccc(O)c8c7C4(CCN6C)[C@H]2O8)C=C[C@H]3[C@H]1C5. The summed E-state index contributed by atoms with van der Waals surface area (Å²) in [4.78, 5) is 31.2. The fourth-order valence-corrected chi connectivity index (χ4v) is 11.6. The number of aromatic hydroxyl groups is 2. The number of hydrogen-bond acceptors (Lipinski definition) is 10. The van der Waals surface area contributed by atoms with Crippen molar-refractivity contribution < 1.29 is 38.7 Å². The number of nitrogens with zero attached hydrogens (tertiary/aromatic N) is 2. The van der Waals surface area contributed by atoms with Gasteiger partial charge in [0.2, 0.25) is 0 Å². The van der Waals surface area contributed by atoms with Crippen LogP contribution in [0.25, 0.3) is 0 Å². The number of carbonyl (C=O) groups excluding carboxylic acids is 2. The Morgan fingerprint density at radius 1 is 0.720 bits per heavy atom. The van der Waals surface area contributed by atoms with Gasteiger partial charge in [-0.25, -0.2) is 0 Å². The maximum atomic E-state index is 13.2. The van der Waals surface area contributed by atoms with E-state index in [1.807, 2.05) is 24.3 Å². The second-order valence-corrected chi connectivity index (χ2v) is 16.0. The number of unbranched alkanes of at least 4 members (excludes halogenated alkanes) is 1. The fourth-order valence-electron chi connectivity index (χ4n) is 11.6. The molecule has 4 heterocycles. The number of carbonyl (C=O) groups is 2. The molecule has 4 aliphatic heterocycles. The second kappa shape index (κ2) is 10.7. The molecule has 2 unspecified atom stereocenters. The number of piperidine rings is 2. The first-order valence-corrected chi connectivity index (χ1v) is 18.4. The summed E-state index contributed by atoms with van der Waals surface area (Å²) in [5, 5.41) is 21.5. The highest BCUT2D eigenvalue weighted by atomic mass is 16.6. The highest BCUT2D eigenvalue weighted by molar-refractivity contribution is 5.72. The maximum Gasteiger partial charge on any atom is 0.306 e. The monoisotopic (exact) mass is 680 g/mol. The first-order chi connectivity index (χ1) is 24.2. The molecular formula is C40H44N2O8. The summed E-state index contributed by atoms with van der Waals surface area (Å²) >= 11 is 0. The van der Waals surface area contributed by atoms with E-state index in [0.717, 1.165) is 49.9 Å². The van der Waals surface area contributed by atoms with Crippen molar-refractivity contribution in [2.45, 2.75) is 98.7 Å². The Hall–Kier alpha value is -4.02. The predicted molar refractivity (Wildman–Crippen MR) is 181 cm³/mol. The average Bonchev–Trinajstić information content (AvgIpc) is 3.65. The van der Waals surface area contributed by atoms with Gasteiger partial charge in [-0.2, -0.15) is 0 Å². The highest BCUT2D eigenvalue weighted by Gasteiger charge is 2.66. The van der Waals surface area contributed by atoms with Gasteiger partial charge < -0.3 is 39.0 Å². The van der Waals surface area contributed by atoms with Crippen molar-refractivity contribution >= 4 is 11.9 Å². The number of likely N-dealkylation sites (N-methyl/N-ethyl adjacent to an activating group) is 2. The molecule has 4 aliphatic carbocycles. The molecule has 50 heavy (non-hydrogen) atoms. The molecule has 2 saturated heterocycles. The van der Waals surface area contributed by atoms with E-state index in [0.29, 0.717) is 36.4 Å². The van der Waals surface area contributed by atoms with E-state index < -0.39 is 12.2 Å². The lowest BCUT2D eigenvalue weighted by Gasteiger charge is -2.56. The molecule has 10 rings (SSSR count). The van der Waals surface area contributed by atoms with Crippen molar-refractivity contribution in [1.82, 2.24) is 9.80 Å². The van der Waals surface area contributed by atoms with Gasteiger partial charge >= 0.3 is 11.9 Å². The Labute approximate surface area is 291 Å². The third-order valence-electron chi connectivity index (χ3n) is 13.8. The quantitative estimate of drug-likeness (QED) is 0.252. The van der Waals surface area contributed by atoms with Crippen LogP contribution in [0.2, 0.25) is 0 Å². The van der Waals surface area contributed by atoms with Crippen LogP contribution in [-0.2, 0) is 42.7 Å². The number of phenolic OH excluding ortho intramolecular Hbond substituents is 2. The first kappa shape index (κ1) is 30.8. The lowest BCUT2D eigenvalue weighted by molar-refractivity contribution is -0.157. The summed E-state index contributed by atoms with van der Waals surface area (Å²) in [5.74, 6) is 1.19. The van der Waals surface area contributed by atoms with Crippen molar-refractivity contribution in [2.24, 2.45) is 11.8 Å². The number of esters is 2. The molecule has 8 aliphatic rings. The van der Waals surface area contributed by atoms with Crippen LogP contribution >= 0.6 is 0 Å². The molecule has 0 amide bonds. The Bertz CT molecular complexity index is 1740. The second-order valence-electron chi connectivity index (χ2n) is 16.0. The van der Waals surface area contributed by atoms with Crippen LogP contribution in [0, 0.1) is 11.8 Å². The summed E-state index contributed by atoms with van der Waals surface area (Å²) in [7, 11) is 4.35. The standard InChI is InChI=1S/C40H44N2O8/c1-41-17-15-39-23-9-13-29(37(39)49-35-27(43)11-7-21(33(35)39)19-25(23)41)47-31(45)5-3-4-6-32(46)48-30-14-10-24-26-20-22-8-12-28(44)36-34(22)40(24,38(30)50-36)16-18-42(26)2/h7-14,23-26,29-30,37-38,43-44H,3-6,15-20H2,1-2H3/t23-,24-,25+,26+,29-,30-,37-,38-,39?,40?/m0/s1. The lowest BCUT2D eigenvalue weighted by atomic mass is 9.53. The average molecular weight is 681 g/mol. The number of benzene rings is 2. The minimum atomic E-state index is -0.554. The molecule has 0 aromatic heterocycles. The van der Waals surface area contributed by atoms with Gasteiger partial charge in [0.1, 0.15) is 12.2 Å². The third-order valence-corrected chi connectivity index (χ3v) is 13.8. The molecule has 2 aromatic carbocycles. The van der Waals surface area contributed by atoms with Gasteiger partial charge in [0.15, 0.2) is 35.2 Å². The summed E-state index contributed by atoms with van der Waals surface area (Å²) < 4.78 is 25.2. The van der Waals surface area contributed by atoms with E-state index >= 15 is 0 Å². The van der Waals surface area contributed by atoms with E-state index in [1.165, 1.54) is 11.1 Å². The van der Waals surface area contributed by atoms with Crippen LogP contribution in [0.4, 0.5) is 0 Å². The molecule has 0 radical (unpaired) electrons. The molecule has 10 nitrogen and oxygen atoms in total. The van der Waals surface area contributed by atoms with Crippen molar-refractivity contribution in [3.8, 4) is 23.0 Å². The largest absolute Gasteiger partial charge is 0.504 e. The molecule has 0 saturated carbocycles. The van der Waals surface area contributed by atoms with Crippen LogP contribution in [0.15, 0.2) is 48.6 Å². The van der Waals surface area contributed by atoms with Gasteiger partial charge in [-0.3, -0.25) is 9.59 Å². The molecule has 2 fully saturated rings. The molecule has 2 N–H and O–H groups in total. The van der Waals surface area contributed by atoms with Gasteiger partial charge in [-0.15, -0.1) is 0 Å². The molecule has 2 aromatic rings. The zero-order valence-electron chi connectivity index (χ0n) is 28.5. The smallest absolute Gasteiger partial charge is 0.306 e. The topological polar surface area (TPSA) is 118 Å². The molecule has 262 valence electrons. The summed E-state index contributed by atoms with van der Waals surface area (Å²) in [6.45, 7) is 1.83. The summed E-state index contributed by atoms with van der Waals surface area (Å²) in [6, 6.07) is 8.16. The number of likely N-dealkylation sites (tertiary alicyclic amines) is 2. The van der Waals surface area contributed by atoms with E-state index in [2.05, 4.69) is 36.0 Å².